The molecule has 1 saturated heterocycles. The molecule has 0 spiro atoms. The molecular weight excluding hydrogens is 484 g/mol. The molecule has 0 unspecified atom stereocenters. The Labute approximate surface area is 181 Å². The molecule has 152 valence electrons. The maximum absolute atomic E-state index is 11.9. The molecule has 1 aliphatic heterocycles. The summed E-state index contributed by atoms with van der Waals surface area (Å²) in [6.07, 6.45) is 1.33. The van der Waals surface area contributed by atoms with Crippen LogP contribution in [0.4, 0.5) is 11.4 Å². The molecule has 2 aromatic carbocycles. The minimum Gasteiger partial charge on any atom is -0.449 e. The number of nitrogens with one attached hydrogen (secondary N) is 2. The predicted octanol–water partition coefficient (Wildman–Crippen LogP) is 2.97. The number of carbonyl (C=O) groups excluding carboxylic acids is 2. The van der Waals surface area contributed by atoms with Crippen molar-refractivity contribution >= 4 is 62.5 Å². The van der Waals surface area contributed by atoms with Crippen LogP contribution in [-0.4, -0.2) is 26.8 Å². The van der Waals surface area contributed by atoms with Crippen molar-refractivity contribution in [2.45, 2.75) is 0 Å². The molecule has 2 amide bonds. The SMILES string of the molecule is O=C1NC(=S)NC(=O)C1=Cc1ccc(Oc2ccc([N+](=O)[O-])cc2[N+](=O)[O-])c(Br)c1. The number of hydrogen-bond donors (Lipinski definition) is 2. The number of halogens is 1. The Kier molecular flexibility index (Phi) is 5.84. The average Bonchev–Trinajstić information content (AvgIpc) is 2.66. The molecule has 13 heteroatoms. The van der Waals surface area contributed by atoms with Gasteiger partial charge in [-0.1, -0.05) is 6.07 Å². The van der Waals surface area contributed by atoms with Crippen molar-refractivity contribution in [2.24, 2.45) is 0 Å². The van der Waals surface area contributed by atoms with Gasteiger partial charge in [0.25, 0.3) is 17.5 Å². The van der Waals surface area contributed by atoms with Crippen LogP contribution in [-0.2, 0) is 9.59 Å². The zero-order chi connectivity index (χ0) is 22.0. The van der Waals surface area contributed by atoms with Crippen LogP contribution in [0.3, 0.4) is 0 Å². The van der Waals surface area contributed by atoms with Crippen molar-refractivity contribution in [3.05, 3.63) is 72.2 Å². The summed E-state index contributed by atoms with van der Waals surface area (Å²) in [5.74, 6) is -1.33. The van der Waals surface area contributed by atoms with E-state index in [9.17, 15) is 29.8 Å². The number of benzene rings is 2. The monoisotopic (exact) mass is 492 g/mol. The van der Waals surface area contributed by atoms with Crippen molar-refractivity contribution in [2.75, 3.05) is 0 Å². The van der Waals surface area contributed by atoms with Gasteiger partial charge in [0.2, 0.25) is 5.75 Å². The number of amides is 2. The molecule has 0 saturated carbocycles. The van der Waals surface area contributed by atoms with Gasteiger partial charge < -0.3 is 4.74 Å². The number of non-ortho nitro benzene ring substituents is 1. The van der Waals surface area contributed by atoms with Crippen molar-refractivity contribution < 1.29 is 24.2 Å². The fourth-order valence-corrected chi connectivity index (χ4v) is 3.09. The third-order valence-corrected chi connectivity index (χ3v) is 4.60. The van der Waals surface area contributed by atoms with Crippen LogP contribution >= 0.6 is 28.1 Å². The van der Waals surface area contributed by atoms with E-state index in [-0.39, 0.29) is 22.2 Å². The summed E-state index contributed by atoms with van der Waals surface area (Å²) in [7, 11) is 0. The number of carbonyl (C=O) groups is 2. The number of nitro benzene ring substituents is 2. The smallest absolute Gasteiger partial charge is 0.318 e. The van der Waals surface area contributed by atoms with Gasteiger partial charge in [-0.3, -0.25) is 40.5 Å². The predicted molar refractivity (Wildman–Crippen MR) is 111 cm³/mol. The molecule has 0 atom stereocenters. The third kappa shape index (κ3) is 4.47. The first-order chi connectivity index (χ1) is 14.2. The summed E-state index contributed by atoms with van der Waals surface area (Å²) in [5.41, 5.74) is -0.719. The van der Waals surface area contributed by atoms with Gasteiger partial charge in [-0.2, -0.15) is 0 Å². The van der Waals surface area contributed by atoms with Crippen LogP contribution in [0, 0.1) is 20.2 Å². The molecule has 0 radical (unpaired) electrons. The highest BCUT2D eigenvalue weighted by Gasteiger charge is 2.26. The number of rotatable bonds is 5. The summed E-state index contributed by atoms with van der Waals surface area (Å²) >= 11 is 7.98. The van der Waals surface area contributed by atoms with Crippen LogP contribution in [0.2, 0.25) is 0 Å². The number of hydrogen-bond acceptors (Lipinski definition) is 8. The topological polar surface area (TPSA) is 154 Å². The van der Waals surface area contributed by atoms with E-state index < -0.39 is 33.0 Å². The van der Waals surface area contributed by atoms with E-state index in [0.717, 1.165) is 18.2 Å². The molecule has 0 bridgehead atoms. The number of nitrogens with zero attached hydrogens (tertiary/aromatic N) is 2. The van der Waals surface area contributed by atoms with Crippen molar-refractivity contribution in [3.63, 3.8) is 0 Å². The van der Waals surface area contributed by atoms with Gasteiger partial charge in [0.1, 0.15) is 11.3 Å². The van der Waals surface area contributed by atoms with Crippen LogP contribution in [0.15, 0.2) is 46.4 Å². The fourth-order valence-electron chi connectivity index (χ4n) is 2.43. The van der Waals surface area contributed by atoms with E-state index in [1.165, 1.54) is 24.3 Å². The molecule has 3 rings (SSSR count). The van der Waals surface area contributed by atoms with Crippen LogP contribution in [0.5, 0.6) is 11.5 Å². The molecule has 1 fully saturated rings. The third-order valence-electron chi connectivity index (χ3n) is 3.78. The van der Waals surface area contributed by atoms with Gasteiger partial charge in [-0.25, -0.2) is 0 Å². The van der Waals surface area contributed by atoms with E-state index in [1.54, 1.807) is 0 Å². The maximum atomic E-state index is 11.9. The number of thiocarbonyl (C=S) groups is 1. The summed E-state index contributed by atoms with van der Waals surface area (Å²) in [4.78, 5) is 44.3. The highest BCUT2D eigenvalue weighted by Crippen LogP contribution is 2.37. The fraction of sp³-hybridized carbons (Fsp3) is 0. The minimum atomic E-state index is -0.792. The molecule has 0 aliphatic carbocycles. The second-order valence-corrected chi connectivity index (χ2v) is 7.02. The Morgan fingerprint density at radius 2 is 1.60 bits per heavy atom. The van der Waals surface area contributed by atoms with Gasteiger partial charge in [0.15, 0.2) is 5.11 Å². The van der Waals surface area contributed by atoms with E-state index in [1.807, 2.05) is 0 Å². The van der Waals surface area contributed by atoms with Crippen LogP contribution < -0.4 is 15.4 Å². The number of ether oxygens (including phenoxy) is 1. The van der Waals surface area contributed by atoms with E-state index in [0.29, 0.717) is 10.0 Å². The lowest BCUT2D eigenvalue weighted by molar-refractivity contribution is -0.394. The van der Waals surface area contributed by atoms with Gasteiger partial charge in [0.05, 0.1) is 20.4 Å². The minimum absolute atomic E-state index is 0.0863. The lowest BCUT2D eigenvalue weighted by Gasteiger charge is -2.16. The second-order valence-electron chi connectivity index (χ2n) is 5.75. The Balaban J connectivity index is 1.90. The van der Waals surface area contributed by atoms with Gasteiger partial charge in [0, 0.05) is 6.07 Å². The summed E-state index contributed by atoms with van der Waals surface area (Å²) in [6, 6.07) is 7.49. The molecule has 30 heavy (non-hydrogen) atoms. The van der Waals surface area contributed by atoms with Crippen molar-refractivity contribution in [1.82, 2.24) is 10.6 Å². The normalized spacial score (nSPS) is 13.4. The highest BCUT2D eigenvalue weighted by molar-refractivity contribution is 9.10. The molecule has 11 nitrogen and oxygen atoms in total. The maximum Gasteiger partial charge on any atom is 0.318 e. The summed E-state index contributed by atoms with van der Waals surface area (Å²) in [6.45, 7) is 0. The lowest BCUT2D eigenvalue weighted by atomic mass is 10.1. The first-order valence-electron chi connectivity index (χ1n) is 7.94. The van der Waals surface area contributed by atoms with Gasteiger partial charge in [-0.15, -0.1) is 0 Å². The zero-order valence-electron chi connectivity index (χ0n) is 14.6. The molecule has 1 heterocycles. The lowest BCUT2D eigenvalue weighted by Crippen LogP contribution is -2.51. The summed E-state index contributed by atoms with van der Waals surface area (Å²) < 4.78 is 5.89. The Morgan fingerprint density at radius 1 is 0.967 bits per heavy atom. The van der Waals surface area contributed by atoms with E-state index in [4.69, 9.17) is 17.0 Å². The average molecular weight is 493 g/mol. The largest absolute Gasteiger partial charge is 0.449 e. The molecule has 2 N–H and O–H groups in total. The Morgan fingerprint density at radius 3 is 2.17 bits per heavy atom. The quantitative estimate of drug-likeness (QED) is 0.212. The van der Waals surface area contributed by atoms with E-state index in [2.05, 4.69) is 26.6 Å². The van der Waals surface area contributed by atoms with Crippen molar-refractivity contribution in [3.8, 4) is 11.5 Å². The molecule has 0 aromatic heterocycles. The van der Waals surface area contributed by atoms with Crippen LogP contribution in [0.25, 0.3) is 6.08 Å². The van der Waals surface area contributed by atoms with Crippen LogP contribution in [0.1, 0.15) is 5.56 Å². The molecular formula is C17H9BrN4O7S. The Hall–Kier alpha value is -3.71. The second kappa shape index (κ2) is 8.34. The molecule has 2 aromatic rings. The first kappa shape index (κ1) is 21.0. The number of nitro groups is 2. The standard InChI is InChI=1S/C17H9BrN4O7S/c18-11-6-8(5-10-15(23)19-17(30)20-16(10)24)1-3-13(11)29-14-4-2-9(21(25)26)7-12(14)22(27)28/h1-7H,(H2,19,20,23,24,30). The van der Waals surface area contributed by atoms with E-state index >= 15 is 0 Å². The highest BCUT2D eigenvalue weighted by atomic mass is 79.9. The summed E-state index contributed by atoms with van der Waals surface area (Å²) in [5, 5.41) is 26.6. The van der Waals surface area contributed by atoms with Gasteiger partial charge in [-0.05, 0) is 58.0 Å². The van der Waals surface area contributed by atoms with Gasteiger partial charge >= 0.3 is 5.69 Å². The zero-order valence-corrected chi connectivity index (χ0v) is 17.0. The molecule has 1 aliphatic rings. The first-order valence-corrected chi connectivity index (χ1v) is 9.14. The Bertz CT molecular complexity index is 1140. The van der Waals surface area contributed by atoms with Crippen molar-refractivity contribution in [1.29, 1.82) is 0 Å².